The summed E-state index contributed by atoms with van der Waals surface area (Å²) in [6, 6.07) is 26.9. The van der Waals surface area contributed by atoms with Crippen molar-refractivity contribution >= 4 is 39.0 Å². The number of halogens is 1. The van der Waals surface area contributed by atoms with E-state index in [1.54, 1.807) is 0 Å². The molecule has 1 atom stereocenters. The Morgan fingerprint density at radius 2 is 1.63 bits per heavy atom. The van der Waals surface area contributed by atoms with Crippen molar-refractivity contribution in [3.63, 3.8) is 0 Å². The van der Waals surface area contributed by atoms with Gasteiger partial charge in [-0.25, -0.2) is 0 Å². The van der Waals surface area contributed by atoms with E-state index >= 15 is 0 Å². The summed E-state index contributed by atoms with van der Waals surface area (Å²) >= 11 is 4.07. The highest BCUT2D eigenvalue weighted by atomic mass is 79.9. The fraction of sp³-hybridized carbons (Fsp3) is 0.386. The van der Waals surface area contributed by atoms with Crippen LogP contribution < -0.4 is 9.64 Å². The molecule has 5 heteroatoms. The molecule has 0 aromatic heterocycles. The molecule has 6 rings (SSSR count). The van der Waals surface area contributed by atoms with E-state index in [0.717, 1.165) is 51.6 Å². The van der Waals surface area contributed by atoms with Crippen LogP contribution in [0.5, 0.6) is 5.75 Å². The van der Waals surface area contributed by atoms with Crippen LogP contribution in [-0.2, 0) is 15.6 Å². The smallest absolute Gasteiger partial charge is 0.311 e. The second-order valence-electron chi connectivity index (χ2n) is 14.5. The molecule has 0 amide bonds. The van der Waals surface area contributed by atoms with Gasteiger partial charge in [0.2, 0.25) is 5.69 Å². The van der Waals surface area contributed by atoms with Gasteiger partial charge in [0.05, 0.1) is 11.1 Å². The first kappa shape index (κ1) is 34.9. The van der Waals surface area contributed by atoms with Crippen LogP contribution in [-0.4, -0.2) is 29.3 Å². The van der Waals surface area contributed by atoms with Crippen LogP contribution in [0.3, 0.4) is 0 Å². The normalized spacial score (nSPS) is 19.3. The average molecular weight is 719 g/mol. The van der Waals surface area contributed by atoms with Gasteiger partial charge in [-0.3, -0.25) is 4.79 Å². The lowest BCUT2D eigenvalue weighted by molar-refractivity contribution is -0.433. The molecule has 4 nitrogen and oxygen atoms in total. The molecule has 0 saturated heterocycles. The molecule has 3 aliphatic rings. The van der Waals surface area contributed by atoms with E-state index in [0.29, 0.717) is 18.1 Å². The van der Waals surface area contributed by atoms with Crippen molar-refractivity contribution < 1.29 is 14.1 Å². The molecular weight excluding hydrogens is 668 g/mol. The Balaban J connectivity index is 1.18. The zero-order valence-corrected chi connectivity index (χ0v) is 31.4. The highest BCUT2D eigenvalue weighted by Crippen LogP contribution is 2.48. The van der Waals surface area contributed by atoms with Crippen LogP contribution in [0.25, 0.3) is 0 Å². The van der Waals surface area contributed by atoms with Gasteiger partial charge < -0.3 is 9.64 Å². The summed E-state index contributed by atoms with van der Waals surface area (Å²) in [7, 11) is 0. The molecule has 0 spiro atoms. The van der Waals surface area contributed by atoms with E-state index in [9.17, 15) is 4.79 Å². The number of ether oxygens (including phenoxy) is 1. The van der Waals surface area contributed by atoms with Crippen LogP contribution in [0, 0.1) is 5.92 Å². The molecule has 2 aliphatic heterocycles. The second kappa shape index (κ2) is 14.9. The van der Waals surface area contributed by atoms with Crippen LogP contribution >= 0.6 is 15.9 Å². The number of anilines is 1. The highest BCUT2D eigenvalue weighted by Gasteiger charge is 2.43. The Bertz CT molecular complexity index is 1860. The fourth-order valence-corrected chi connectivity index (χ4v) is 8.55. The summed E-state index contributed by atoms with van der Waals surface area (Å²) in [6.45, 7) is 13.4. The molecule has 254 valence electrons. The van der Waals surface area contributed by atoms with Crippen LogP contribution in [0.4, 0.5) is 11.4 Å². The molecule has 0 bridgehead atoms. The van der Waals surface area contributed by atoms with Gasteiger partial charge in [0.1, 0.15) is 12.3 Å². The van der Waals surface area contributed by atoms with Crippen molar-refractivity contribution in [2.45, 2.75) is 90.4 Å². The topological polar surface area (TPSA) is 32.5 Å². The van der Waals surface area contributed by atoms with Gasteiger partial charge in [-0.2, -0.15) is 4.58 Å². The molecule has 0 radical (unpaired) electrons. The number of hydrogen-bond acceptors (Lipinski definition) is 3. The number of carbonyl (C=O) groups is 1. The minimum Gasteiger partial charge on any atom is -0.427 e. The monoisotopic (exact) mass is 717 g/mol. The predicted molar refractivity (Wildman–Crippen MR) is 206 cm³/mol. The summed E-state index contributed by atoms with van der Waals surface area (Å²) in [6.07, 6.45) is 13.6. The summed E-state index contributed by atoms with van der Waals surface area (Å²) in [4.78, 5) is 14.8. The lowest BCUT2D eigenvalue weighted by Gasteiger charge is -2.26. The predicted octanol–water partition coefficient (Wildman–Crippen LogP) is 11.1. The maximum Gasteiger partial charge on any atom is 0.311 e. The standard InChI is InChI=1S/C44H50BrN2O2/c1-6-46-37-24-14-12-22-35(37)43(2,3)39(46)29-27-32-18-17-19-33(42(32)45)28-30-40-44(4,5)36-23-13-15-25-38(36)47(40)31-16-8-11-26-41(48)49-34-20-9-7-10-21-34/h7,9-10,12-15,20-25,27-29,33H,6,8,11,16-19,26,31H2,1-5H3/q+1/b29-27+. The summed E-state index contributed by atoms with van der Waals surface area (Å²) in [5.74, 6) is 0.735. The first-order valence-electron chi connectivity index (χ1n) is 18.0. The van der Waals surface area contributed by atoms with E-state index in [-0.39, 0.29) is 16.8 Å². The Morgan fingerprint density at radius 1 is 0.918 bits per heavy atom. The third-order valence-electron chi connectivity index (χ3n) is 10.5. The molecule has 1 aliphatic carbocycles. The van der Waals surface area contributed by atoms with Gasteiger partial charge >= 0.3 is 5.97 Å². The number of esters is 1. The van der Waals surface area contributed by atoms with Gasteiger partial charge in [0, 0.05) is 52.2 Å². The number of fused-ring (bicyclic) bond motifs is 2. The Morgan fingerprint density at radius 3 is 2.41 bits per heavy atom. The maximum absolute atomic E-state index is 12.4. The van der Waals surface area contributed by atoms with Crippen molar-refractivity contribution in [2.24, 2.45) is 5.92 Å². The van der Waals surface area contributed by atoms with E-state index in [2.05, 4.69) is 133 Å². The SMILES string of the molecule is CC[N+]1=C(/C=C/C2=C(Br)C(C=C=C3N(CCCCCC(=O)Oc4ccccc4)c4ccccc4C3(C)C)CCC2)C(C)(C)c2ccccc21. The molecule has 3 aromatic rings. The summed E-state index contributed by atoms with van der Waals surface area (Å²) in [5, 5.41) is 0. The molecule has 2 heterocycles. The third-order valence-corrected chi connectivity index (χ3v) is 11.6. The van der Waals surface area contributed by atoms with Crippen LogP contribution in [0.2, 0.25) is 0 Å². The molecular formula is C44H50BrN2O2+. The fourth-order valence-electron chi connectivity index (χ4n) is 7.86. The number of unbranched alkanes of at least 4 members (excludes halogenated alkanes) is 2. The molecule has 49 heavy (non-hydrogen) atoms. The van der Waals surface area contributed by atoms with Gasteiger partial charge in [-0.1, -0.05) is 83.0 Å². The lowest BCUT2D eigenvalue weighted by Crippen LogP contribution is -2.27. The first-order chi connectivity index (χ1) is 23.6. The lowest BCUT2D eigenvalue weighted by atomic mass is 9.81. The van der Waals surface area contributed by atoms with Crippen LogP contribution in [0.15, 0.2) is 119 Å². The van der Waals surface area contributed by atoms with Crippen molar-refractivity contribution in [1.82, 2.24) is 0 Å². The average Bonchev–Trinajstić information content (AvgIpc) is 3.45. The molecule has 3 aromatic carbocycles. The highest BCUT2D eigenvalue weighted by molar-refractivity contribution is 9.11. The van der Waals surface area contributed by atoms with Crippen molar-refractivity contribution in [2.75, 3.05) is 18.0 Å². The third kappa shape index (κ3) is 7.21. The Hall–Kier alpha value is -3.92. The van der Waals surface area contributed by atoms with Crippen molar-refractivity contribution in [1.29, 1.82) is 0 Å². The zero-order chi connectivity index (χ0) is 34.6. The maximum atomic E-state index is 12.4. The van der Waals surface area contributed by atoms with Crippen molar-refractivity contribution in [3.05, 3.63) is 130 Å². The Labute approximate surface area is 301 Å². The largest absolute Gasteiger partial charge is 0.427 e. The van der Waals surface area contributed by atoms with Gasteiger partial charge in [-0.15, -0.1) is 5.73 Å². The van der Waals surface area contributed by atoms with E-state index in [4.69, 9.17) is 4.74 Å². The minimum absolute atomic E-state index is 0.0352. The number of allylic oxidation sites excluding steroid dienone is 5. The number of para-hydroxylation sites is 3. The van der Waals surface area contributed by atoms with Crippen LogP contribution in [0.1, 0.15) is 90.7 Å². The molecule has 0 saturated carbocycles. The van der Waals surface area contributed by atoms with Gasteiger partial charge in [0.15, 0.2) is 5.71 Å². The molecule has 1 unspecified atom stereocenters. The Kier molecular flexibility index (Phi) is 10.6. The van der Waals surface area contributed by atoms with Gasteiger partial charge in [-0.05, 0) is 102 Å². The number of rotatable bonds is 11. The number of benzene rings is 3. The summed E-state index contributed by atoms with van der Waals surface area (Å²) in [5.41, 5.74) is 13.0. The molecule has 0 fully saturated rings. The molecule has 0 N–H and O–H groups in total. The first-order valence-corrected chi connectivity index (χ1v) is 18.8. The number of nitrogens with zero attached hydrogens (tertiary/aromatic N) is 2. The quantitative estimate of drug-likeness (QED) is 0.0651. The van der Waals surface area contributed by atoms with Crippen molar-refractivity contribution in [3.8, 4) is 5.75 Å². The second-order valence-corrected chi connectivity index (χ2v) is 15.4. The summed E-state index contributed by atoms with van der Waals surface area (Å²) < 4.78 is 9.23. The zero-order valence-electron chi connectivity index (χ0n) is 29.8. The minimum atomic E-state index is -0.166. The van der Waals surface area contributed by atoms with E-state index in [1.807, 2.05) is 30.3 Å². The van der Waals surface area contributed by atoms with E-state index in [1.165, 1.54) is 44.0 Å². The number of hydrogen-bond donors (Lipinski definition) is 0. The van der Waals surface area contributed by atoms with Gasteiger partial charge in [0.25, 0.3) is 0 Å². The van der Waals surface area contributed by atoms with E-state index < -0.39 is 0 Å². The number of carbonyl (C=O) groups excluding carboxylic acids is 1.